The summed E-state index contributed by atoms with van der Waals surface area (Å²) in [5.74, 6) is -1.08. The van der Waals surface area contributed by atoms with E-state index in [1.54, 1.807) is 22.9 Å². The fraction of sp³-hybridized carbons (Fsp3) is 0.250. The van der Waals surface area contributed by atoms with Crippen molar-refractivity contribution in [3.63, 3.8) is 0 Å². The molecule has 1 aromatic heterocycles. The molecular weight excluding hydrogens is 289 g/mol. The number of nitrogens with zero attached hydrogens (tertiary/aromatic N) is 3. The maximum absolute atomic E-state index is 11.0. The van der Waals surface area contributed by atoms with Crippen LogP contribution in [-0.4, -0.2) is 26.1 Å². The normalized spacial score (nSPS) is 10.7. The van der Waals surface area contributed by atoms with Gasteiger partial charge in [0.05, 0.1) is 12.2 Å². The molecule has 1 aromatic carbocycles. The van der Waals surface area contributed by atoms with Gasteiger partial charge in [0.2, 0.25) is 0 Å². The van der Waals surface area contributed by atoms with E-state index >= 15 is 0 Å². The van der Waals surface area contributed by atoms with Gasteiger partial charge in [0.1, 0.15) is 0 Å². The van der Waals surface area contributed by atoms with E-state index < -0.39 is 5.97 Å². The van der Waals surface area contributed by atoms with Crippen molar-refractivity contribution in [2.24, 2.45) is 0 Å². The van der Waals surface area contributed by atoms with Gasteiger partial charge in [-0.05, 0) is 24.1 Å². The van der Waals surface area contributed by atoms with E-state index in [0.29, 0.717) is 28.7 Å². The lowest BCUT2D eigenvalue weighted by atomic mass is 10.2. The summed E-state index contributed by atoms with van der Waals surface area (Å²) in [6.07, 6.45) is 0.528. The number of benzene rings is 1. The number of rotatable bonds is 4. The standard InChI is InChI=1S/C12H11Cl2N3O2/c1-2-10-11(12(18)19)15-16-17(10)6-7-3-4-8(13)5-9(7)14/h3-5H,2,6H2,1H3,(H,18,19). The lowest BCUT2D eigenvalue weighted by molar-refractivity contribution is 0.0689. The maximum atomic E-state index is 11.0. The summed E-state index contributed by atoms with van der Waals surface area (Å²) in [5, 5.41) is 17.6. The molecule has 0 saturated carbocycles. The Balaban J connectivity index is 2.35. The quantitative estimate of drug-likeness (QED) is 0.942. The topological polar surface area (TPSA) is 68.0 Å². The highest BCUT2D eigenvalue weighted by Gasteiger charge is 2.17. The number of aromatic nitrogens is 3. The Hall–Kier alpha value is -1.59. The zero-order valence-corrected chi connectivity index (χ0v) is 11.6. The van der Waals surface area contributed by atoms with Gasteiger partial charge in [-0.25, -0.2) is 9.48 Å². The number of carbonyl (C=O) groups is 1. The zero-order chi connectivity index (χ0) is 14.0. The molecule has 0 aliphatic carbocycles. The molecule has 0 aliphatic heterocycles. The van der Waals surface area contributed by atoms with Crippen molar-refractivity contribution < 1.29 is 9.90 Å². The van der Waals surface area contributed by atoms with Gasteiger partial charge in [0.25, 0.3) is 0 Å². The monoisotopic (exact) mass is 299 g/mol. The molecule has 100 valence electrons. The van der Waals surface area contributed by atoms with Crippen molar-refractivity contribution in [3.05, 3.63) is 45.2 Å². The van der Waals surface area contributed by atoms with Crippen LogP contribution < -0.4 is 0 Å². The first-order valence-electron chi connectivity index (χ1n) is 5.62. The molecule has 0 spiro atoms. The SMILES string of the molecule is CCc1c(C(=O)O)nnn1Cc1ccc(Cl)cc1Cl. The van der Waals surface area contributed by atoms with Gasteiger partial charge in [0.15, 0.2) is 5.69 Å². The van der Waals surface area contributed by atoms with E-state index in [0.717, 1.165) is 5.56 Å². The molecule has 1 heterocycles. The summed E-state index contributed by atoms with van der Waals surface area (Å²) >= 11 is 11.9. The Morgan fingerprint density at radius 3 is 2.74 bits per heavy atom. The van der Waals surface area contributed by atoms with Crippen molar-refractivity contribution in [1.29, 1.82) is 0 Å². The number of hydrogen-bond acceptors (Lipinski definition) is 3. The van der Waals surface area contributed by atoms with E-state index in [1.165, 1.54) is 0 Å². The number of carboxylic acid groups (broad SMARTS) is 1. The highest BCUT2D eigenvalue weighted by Crippen LogP contribution is 2.22. The Morgan fingerprint density at radius 2 is 2.16 bits per heavy atom. The first-order valence-corrected chi connectivity index (χ1v) is 6.38. The predicted molar refractivity (Wildman–Crippen MR) is 71.9 cm³/mol. The fourth-order valence-corrected chi connectivity index (χ4v) is 2.26. The molecule has 2 rings (SSSR count). The van der Waals surface area contributed by atoms with E-state index in [1.807, 2.05) is 6.92 Å². The summed E-state index contributed by atoms with van der Waals surface area (Å²) in [5.41, 5.74) is 1.36. The average molecular weight is 300 g/mol. The van der Waals surface area contributed by atoms with Gasteiger partial charge in [-0.2, -0.15) is 0 Å². The first-order chi connectivity index (χ1) is 9.02. The third-order valence-electron chi connectivity index (χ3n) is 2.71. The van der Waals surface area contributed by atoms with E-state index in [4.69, 9.17) is 28.3 Å². The molecule has 0 atom stereocenters. The summed E-state index contributed by atoms with van der Waals surface area (Å²) in [7, 11) is 0. The van der Waals surface area contributed by atoms with Crippen LogP contribution in [0.2, 0.25) is 10.0 Å². The number of carboxylic acids is 1. The van der Waals surface area contributed by atoms with Crippen molar-refractivity contribution in [2.45, 2.75) is 19.9 Å². The van der Waals surface area contributed by atoms with Crippen LogP contribution in [0.3, 0.4) is 0 Å². The summed E-state index contributed by atoms with van der Waals surface area (Å²) < 4.78 is 1.54. The molecule has 2 aromatic rings. The third kappa shape index (κ3) is 2.88. The highest BCUT2D eigenvalue weighted by molar-refractivity contribution is 6.35. The second-order valence-corrected chi connectivity index (χ2v) is 4.78. The molecule has 0 saturated heterocycles. The second-order valence-electron chi connectivity index (χ2n) is 3.94. The van der Waals surface area contributed by atoms with Crippen molar-refractivity contribution in [1.82, 2.24) is 15.0 Å². The van der Waals surface area contributed by atoms with Gasteiger partial charge in [-0.1, -0.05) is 41.4 Å². The molecule has 0 bridgehead atoms. The van der Waals surface area contributed by atoms with Crippen LogP contribution in [0.15, 0.2) is 18.2 Å². The lowest BCUT2D eigenvalue weighted by Gasteiger charge is -2.07. The smallest absolute Gasteiger partial charge is 0.358 e. The van der Waals surface area contributed by atoms with Crippen LogP contribution in [0.25, 0.3) is 0 Å². The molecule has 0 aliphatic rings. The van der Waals surface area contributed by atoms with Gasteiger partial charge in [-0.3, -0.25) is 0 Å². The van der Waals surface area contributed by atoms with Crippen molar-refractivity contribution in [3.8, 4) is 0 Å². The molecule has 7 heteroatoms. The molecule has 0 fully saturated rings. The highest BCUT2D eigenvalue weighted by atomic mass is 35.5. The van der Waals surface area contributed by atoms with E-state index in [-0.39, 0.29) is 5.69 Å². The molecule has 1 N–H and O–H groups in total. The minimum Gasteiger partial charge on any atom is -0.476 e. The Kier molecular flexibility index (Phi) is 4.07. The molecule has 0 unspecified atom stereocenters. The van der Waals surface area contributed by atoms with Crippen LogP contribution in [0.5, 0.6) is 0 Å². The molecule has 5 nitrogen and oxygen atoms in total. The molecule has 19 heavy (non-hydrogen) atoms. The van der Waals surface area contributed by atoms with Crippen LogP contribution in [-0.2, 0) is 13.0 Å². The molecule has 0 radical (unpaired) electrons. The number of hydrogen-bond donors (Lipinski definition) is 1. The average Bonchev–Trinajstić information content (AvgIpc) is 2.75. The van der Waals surface area contributed by atoms with E-state index in [9.17, 15) is 4.79 Å². The number of aromatic carboxylic acids is 1. The summed E-state index contributed by atoms with van der Waals surface area (Å²) in [4.78, 5) is 11.0. The fourth-order valence-electron chi connectivity index (χ4n) is 1.79. The maximum Gasteiger partial charge on any atom is 0.358 e. The lowest BCUT2D eigenvalue weighted by Crippen LogP contribution is -2.08. The molecule has 0 amide bonds. The van der Waals surface area contributed by atoms with Gasteiger partial charge < -0.3 is 5.11 Å². The Labute approximate surface area is 119 Å². The zero-order valence-electron chi connectivity index (χ0n) is 10.1. The van der Waals surface area contributed by atoms with Crippen LogP contribution >= 0.6 is 23.2 Å². The number of halogens is 2. The van der Waals surface area contributed by atoms with E-state index in [2.05, 4.69) is 10.3 Å². The minimum atomic E-state index is -1.08. The van der Waals surface area contributed by atoms with Crippen LogP contribution in [0.4, 0.5) is 0 Å². The third-order valence-corrected chi connectivity index (χ3v) is 3.30. The van der Waals surface area contributed by atoms with Crippen LogP contribution in [0, 0.1) is 0 Å². The predicted octanol–water partition coefficient (Wildman–Crippen LogP) is 2.89. The first kappa shape index (κ1) is 13.8. The Bertz CT molecular complexity index is 625. The second kappa shape index (κ2) is 5.59. The van der Waals surface area contributed by atoms with Crippen LogP contribution in [0.1, 0.15) is 28.7 Å². The Morgan fingerprint density at radius 1 is 1.42 bits per heavy atom. The minimum absolute atomic E-state index is 0.0208. The van der Waals surface area contributed by atoms with Gasteiger partial charge in [0, 0.05) is 10.0 Å². The van der Waals surface area contributed by atoms with Gasteiger partial charge >= 0.3 is 5.97 Å². The molecular formula is C12H11Cl2N3O2. The van der Waals surface area contributed by atoms with Crippen molar-refractivity contribution in [2.75, 3.05) is 0 Å². The largest absolute Gasteiger partial charge is 0.476 e. The summed E-state index contributed by atoms with van der Waals surface area (Å²) in [6, 6.07) is 5.15. The van der Waals surface area contributed by atoms with Gasteiger partial charge in [-0.15, -0.1) is 5.10 Å². The van der Waals surface area contributed by atoms with Crippen molar-refractivity contribution >= 4 is 29.2 Å². The summed E-state index contributed by atoms with van der Waals surface area (Å²) in [6.45, 7) is 2.21.